The van der Waals surface area contributed by atoms with Crippen LogP contribution >= 0.6 is 11.6 Å². The first kappa shape index (κ1) is 18.1. The van der Waals surface area contributed by atoms with Crippen LogP contribution in [-0.2, 0) is 0 Å². The summed E-state index contributed by atoms with van der Waals surface area (Å²) in [5, 5.41) is 12.1. The number of aromatic nitrogens is 1. The summed E-state index contributed by atoms with van der Waals surface area (Å²) < 4.78 is 5.50. The molecule has 0 aliphatic carbocycles. The number of aliphatic imine (C=N–C) groups is 1. The Labute approximate surface area is 168 Å². The van der Waals surface area contributed by atoms with Crippen molar-refractivity contribution in [3.05, 3.63) is 88.9 Å². The minimum Gasteiger partial charge on any atom is -0.494 e. The number of H-pyrrole nitrogens is 1. The second kappa shape index (κ2) is 7.79. The smallest absolute Gasteiger partial charge is 0.199 e. The zero-order valence-electron chi connectivity index (χ0n) is 15.3. The first-order valence-corrected chi connectivity index (χ1v) is 9.41. The summed E-state index contributed by atoms with van der Waals surface area (Å²) in [4.78, 5) is 7.85. The second-order valence-corrected chi connectivity index (χ2v) is 6.73. The van der Waals surface area contributed by atoms with E-state index in [-0.39, 0.29) is 5.88 Å². The van der Waals surface area contributed by atoms with Crippen LogP contribution < -0.4 is 4.74 Å². The topological polar surface area (TPSA) is 57.6 Å². The first-order valence-electron chi connectivity index (χ1n) is 9.03. The van der Waals surface area contributed by atoms with Crippen molar-refractivity contribution in [1.82, 2.24) is 4.98 Å². The van der Waals surface area contributed by atoms with Gasteiger partial charge in [-0.25, -0.2) is 4.99 Å². The number of aromatic hydroxyl groups is 1. The maximum Gasteiger partial charge on any atom is 0.199 e. The van der Waals surface area contributed by atoms with Crippen molar-refractivity contribution in [3.63, 3.8) is 0 Å². The van der Waals surface area contributed by atoms with Gasteiger partial charge in [0.05, 0.1) is 29.1 Å². The lowest BCUT2D eigenvalue weighted by molar-refractivity contribution is 0.340. The Morgan fingerprint density at radius 3 is 2.50 bits per heavy atom. The molecule has 0 saturated heterocycles. The van der Waals surface area contributed by atoms with Crippen molar-refractivity contribution < 1.29 is 9.84 Å². The molecule has 0 fully saturated rings. The molecule has 140 valence electrons. The Balaban J connectivity index is 1.89. The molecular formula is C23H19ClN2O2. The average Bonchev–Trinajstić information content (AvgIpc) is 3.03. The van der Waals surface area contributed by atoms with Crippen LogP contribution in [0.1, 0.15) is 18.1 Å². The quantitative estimate of drug-likeness (QED) is 0.405. The van der Waals surface area contributed by atoms with E-state index in [1.807, 2.05) is 67.6 Å². The lowest BCUT2D eigenvalue weighted by Gasteiger charge is -2.08. The largest absolute Gasteiger partial charge is 0.494 e. The van der Waals surface area contributed by atoms with E-state index in [0.717, 1.165) is 27.9 Å². The van der Waals surface area contributed by atoms with Gasteiger partial charge in [-0.15, -0.1) is 0 Å². The van der Waals surface area contributed by atoms with E-state index in [1.165, 1.54) is 0 Å². The van der Waals surface area contributed by atoms with Gasteiger partial charge in [0.25, 0.3) is 0 Å². The Morgan fingerprint density at radius 2 is 1.79 bits per heavy atom. The molecule has 28 heavy (non-hydrogen) atoms. The van der Waals surface area contributed by atoms with Crippen molar-refractivity contribution in [2.75, 3.05) is 6.61 Å². The van der Waals surface area contributed by atoms with Crippen molar-refractivity contribution in [3.8, 4) is 11.6 Å². The van der Waals surface area contributed by atoms with Gasteiger partial charge in [0, 0.05) is 16.0 Å². The molecule has 3 aromatic carbocycles. The maximum atomic E-state index is 10.6. The number of hydrogen-bond donors (Lipinski definition) is 2. The molecule has 0 amide bonds. The number of hydrogen-bond acceptors (Lipinski definition) is 3. The van der Waals surface area contributed by atoms with E-state index in [0.29, 0.717) is 22.9 Å². The molecular weight excluding hydrogens is 372 g/mol. The summed E-state index contributed by atoms with van der Waals surface area (Å²) in [5.74, 6) is 0.859. The molecule has 0 aliphatic heterocycles. The lowest BCUT2D eigenvalue weighted by Crippen LogP contribution is -2.02. The summed E-state index contributed by atoms with van der Waals surface area (Å²) >= 11 is 6.10. The van der Waals surface area contributed by atoms with Gasteiger partial charge < -0.3 is 14.8 Å². The highest BCUT2D eigenvalue weighted by Gasteiger charge is 2.18. The number of aromatic amines is 1. The minimum absolute atomic E-state index is 0.0609. The Kier molecular flexibility index (Phi) is 5.04. The lowest BCUT2D eigenvalue weighted by atomic mass is 10.0. The van der Waals surface area contributed by atoms with E-state index in [9.17, 15) is 5.11 Å². The third kappa shape index (κ3) is 3.59. The molecule has 1 aromatic heterocycles. The maximum absolute atomic E-state index is 10.6. The third-order valence-electron chi connectivity index (χ3n) is 4.41. The number of nitrogens with one attached hydrogen (secondary N) is 1. The molecule has 4 rings (SSSR count). The number of nitrogens with zero attached hydrogens (tertiary/aromatic N) is 1. The van der Waals surface area contributed by atoms with E-state index in [1.54, 1.807) is 12.1 Å². The third-order valence-corrected chi connectivity index (χ3v) is 4.65. The van der Waals surface area contributed by atoms with Gasteiger partial charge in [-0.1, -0.05) is 48.0 Å². The summed E-state index contributed by atoms with van der Waals surface area (Å²) in [6, 6.07) is 22.9. The van der Waals surface area contributed by atoms with E-state index < -0.39 is 0 Å². The Morgan fingerprint density at radius 1 is 1.04 bits per heavy atom. The van der Waals surface area contributed by atoms with Gasteiger partial charge in [-0.3, -0.25) is 0 Å². The fourth-order valence-electron chi connectivity index (χ4n) is 3.17. The van der Waals surface area contributed by atoms with Gasteiger partial charge in [0.15, 0.2) is 5.88 Å². The van der Waals surface area contributed by atoms with Crippen LogP contribution in [0.3, 0.4) is 0 Å². The van der Waals surface area contributed by atoms with Gasteiger partial charge >= 0.3 is 0 Å². The second-order valence-electron chi connectivity index (χ2n) is 6.29. The van der Waals surface area contributed by atoms with E-state index >= 15 is 0 Å². The molecule has 0 radical (unpaired) electrons. The van der Waals surface area contributed by atoms with Crippen LogP contribution in [0.4, 0.5) is 5.69 Å². The zero-order valence-corrected chi connectivity index (χ0v) is 16.1. The highest BCUT2D eigenvalue weighted by molar-refractivity contribution is 6.31. The van der Waals surface area contributed by atoms with Gasteiger partial charge in [-0.2, -0.15) is 0 Å². The number of benzene rings is 3. The predicted octanol–water partition coefficient (Wildman–Crippen LogP) is 6.09. The van der Waals surface area contributed by atoms with Gasteiger partial charge in [-0.05, 0) is 43.3 Å². The molecule has 0 saturated carbocycles. The van der Waals surface area contributed by atoms with Crippen molar-refractivity contribution in [2.24, 2.45) is 4.99 Å². The van der Waals surface area contributed by atoms with Crippen molar-refractivity contribution in [1.29, 1.82) is 0 Å². The molecule has 0 atom stereocenters. The molecule has 5 heteroatoms. The molecule has 4 aromatic rings. The summed E-state index contributed by atoms with van der Waals surface area (Å²) in [7, 11) is 0. The summed E-state index contributed by atoms with van der Waals surface area (Å²) in [5.41, 5.74) is 3.76. The number of rotatable bonds is 5. The van der Waals surface area contributed by atoms with Gasteiger partial charge in [0.2, 0.25) is 0 Å². The van der Waals surface area contributed by atoms with Crippen LogP contribution in [0, 0.1) is 0 Å². The molecule has 2 N–H and O–H groups in total. The molecule has 0 bridgehead atoms. The van der Waals surface area contributed by atoms with E-state index in [4.69, 9.17) is 21.3 Å². The number of fused-ring (bicyclic) bond motifs is 1. The van der Waals surface area contributed by atoms with Crippen LogP contribution in [0.15, 0.2) is 77.8 Å². The normalized spacial score (nSPS) is 11.7. The zero-order chi connectivity index (χ0) is 19.5. The molecule has 4 nitrogen and oxygen atoms in total. The highest BCUT2D eigenvalue weighted by atomic mass is 35.5. The van der Waals surface area contributed by atoms with Crippen LogP contribution in [0.25, 0.3) is 10.9 Å². The summed E-state index contributed by atoms with van der Waals surface area (Å²) in [6.07, 6.45) is 0. The number of halogens is 1. The summed E-state index contributed by atoms with van der Waals surface area (Å²) in [6.45, 7) is 2.56. The Hall–Kier alpha value is -3.24. The minimum atomic E-state index is 0.0609. The fraction of sp³-hybridized carbons (Fsp3) is 0.0870. The van der Waals surface area contributed by atoms with Crippen LogP contribution in [0.2, 0.25) is 5.02 Å². The fourth-order valence-corrected chi connectivity index (χ4v) is 3.34. The Bertz CT molecular complexity index is 1130. The predicted molar refractivity (Wildman–Crippen MR) is 114 cm³/mol. The average molecular weight is 391 g/mol. The van der Waals surface area contributed by atoms with Crippen LogP contribution in [0.5, 0.6) is 11.6 Å². The van der Waals surface area contributed by atoms with Crippen molar-refractivity contribution >= 4 is 33.9 Å². The standard InChI is InChI=1S/C23H19ClN2O2/c1-2-28-18-11-9-17(10-12-18)25-22(15-6-4-3-5-7-15)21-19-13-8-16(24)14-20(19)26-23(21)27/h3-14,26-27H,2H2,1H3. The molecule has 0 aliphatic rings. The molecule has 0 unspecified atom stereocenters. The monoisotopic (exact) mass is 390 g/mol. The van der Waals surface area contributed by atoms with Crippen molar-refractivity contribution in [2.45, 2.75) is 6.92 Å². The molecule has 0 spiro atoms. The first-order chi connectivity index (χ1) is 13.7. The van der Waals surface area contributed by atoms with Crippen LogP contribution in [-0.4, -0.2) is 22.4 Å². The molecule has 1 heterocycles. The highest BCUT2D eigenvalue weighted by Crippen LogP contribution is 2.33. The SMILES string of the molecule is CCOc1ccc(N=C(c2ccccc2)c2c(O)[nH]c3cc(Cl)ccc23)cc1. The van der Waals surface area contributed by atoms with E-state index in [2.05, 4.69) is 4.98 Å². The van der Waals surface area contributed by atoms with Gasteiger partial charge in [0.1, 0.15) is 5.75 Å². The number of ether oxygens (including phenoxy) is 1.